The van der Waals surface area contributed by atoms with E-state index >= 15 is 0 Å². The minimum absolute atomic E-state index is 0.0299. The lowest BCUT2D eigenvalue weighted by atomic mass is 10.1. The van der Waals surface area contributed by atoms with E-state index in [2.05, 4.69) is 0 Å². The van der Waals surface area contributed by atoms with Crippen LogP contribution in [0.1, 0.15) is 37.3 Å². The maximum Gasteiger partial charge on any atom is 0.268 e. The summed E-state index contributed by atoms with van der Waals surface area (Å²) >= 11 is 0. The molecule has 0 radical (unpaired) electrons. The number of ether oxygens (including phenoxy) is 2. The van der Waals surface area contributed by atoms with Crippen LogP contribution >= 0.6 is 0 Å². The second-order valence-electron chi connectivity index (χ2n) is 8.45. The maximum absolute atomic E-state index is 13.5. The molecule has 2 aliphatic heterocycles. The first-order valence-electron chi connectivity index (χ1n) is 11.2. The predicted molar refractivity (Wildman–Crippen MR) is 119 cm³/mol. The number of carbonyl (C=O) groups is 2. The van der Waals surface area contributed by atoms with Crippen LogP contribution in [-0.4, -0.2) is 48.6 Å². The van der Waals surface area contributed by atoms with Crippen molar-refractivity contribution in [2.45, 2.75) is 51.9 Å². The SMILES string of the molecule is CC[C@H]1Oc2ccc(C)cc2N(CC(=O)N(Cc2ccc(F)cc2)C[C@@H]2CCCO2)C1=O. The third kappa shape index (κ3) is 4.93. The largest absolute Gasteiger partial charge is 0.478 e. The molecule has 0 unspecified atom stereocenters. The summed E-state index contributed by atoms with van der Waals surface area (Å²) < 4.78 is 25.0. The van der Waals surface area contributed by atoms with Gasteiger partial charge >= 0.3 is 0 Å². The number of carbonyl (C=O) groups excluding carboxylic acids is 2. The molecule has 6 nitrogen and oxygen atoms in total. The highest BCUT2D eigenvalue weighted by molar-refractivity contribution is 6.03. The Morgan fingerprint density at radius 2 is 2.00 bits per heavy atom. The number of nitrogens with zero attached hydrogens (tertiary/aromatic N) is 2. The number of rotatable bonds is 7. The predicted octanol–water partition coefficient (Wildman–Crippen LogP) is 3.85. The molecule has 32 heavy (non-hydrogen) atoms. The van der Waals surface area contributed by atoms with Crippen LogP contribution in [-0.2, 0) is 20.9 Å². The molecule has 2 aromatic rings. The summed E-state index contributed by atoms with van der Waals surface area (Å²) in [7, 11) is 0. The molecular formula is C25H29FN2O4. The van der Waals surface area contributed by atoms with Crippen molar-refractivity contribution >= 4 is 17.5 Å². The van der Waals surface area contributed by atoms with Gasteiger partial charge in [-0.05, 0) is 61.6 Å². The van der Waals surface area contributed by atoms with Crippen LogP contribution < -0.4 is 9.64 Å². The summed E-state index contributed by atoms with van der Waals surface area (Å²) in [5.41, 5.74) is 2.43. The second kappa shape index (κ2) is 9.69. The van der Waals surface area contributed by atoms with Crippen molar-refractivity contribution in [1.29, 1.82) is 0 Å². The Morgan fingerprint density at radius 1 is 1.22 bits per heavy atom. The van der Waals surface area contributed by atoms with E-state index in [0.29, 0.717) is 37.6 Å². The van der Waals surface area contributed by atoms with Gasteiger partial charge in [0.25, 0.3) is 5.91 Å². The van der Waals surface area contributed by atoms with Gasteiger partial charge in [-0.2, -0.15) is 0 Å². The van der Waals surface area contributed by atoms with E-state index in [1.165, 1.54) is 17.0 Å². The van der Waals surface area contributed by atoms with E-state index in [1.807, 2.05) is 32.0 Å². The number of hydrogen-bond acceptors (Lipinski definition) is 4. The lowest BCUT2D eigenvalue weighted by Crippen LogP contribution is -2.51. The number of hydrogen-bond donors (Lipinski definition) is 0. The Balaban J connectivity index is 1.57. The average molecular weight is 441 g/mol. The molecule has 2 aromatic carbocycles. The average Bonchev–Trinajstić information content (AvgIpc) is 3.30. The molecule has 2 heterocycles. The highest BCUT2D eigenvalue weighted by atomic mass is 19.1. The summed E-state index contributed by atoms with van der Waals surface area (Å²) in [5.74, 6) is -0.0958. The summed E-state index contributed by atoms with van der Waals surface area (Å²) in [5, 5.41) is 0. The first-order valence-corrected chi connectivity index (χ1v) is 11.2. The Morgan fingerprint density at radius 3 is 2.69 bits per heavy atom. The van der Waals surface area contributed by atoms with Gasteiger partial charge in [0, 0.05) is 19.7 Å². The third-order valence-corrected chi connectivity index (χ3v) is 5.97. The summed E-state index contributed by atoms with van der Waals surface area (Å²) in [6.45, 7) is 5.20. The van der Waals surface area contributed by atoms with Gasteiger partial charge in [-0.25, -0.2) is 4.39 Å². The first kappa shape index (κ1) is 22.3. The van der Waals surface area contributed by atoms with Crippen molar-refractivity contribution in [3.8, 4) is 5.75 Å². The normalized spacial score (nSPS) is 20.1. The molecule has 2 aliphatic rings. The molecule has 1 saturated heterocycles. The summed E-state index contributed by atoms with van der Waals surface area (Å²) in [6.07, 6.45) is 1.74. The van der Waals surface area contributed by atoms with Crippen LogP contribution in [0.4, 0.5) is 10.1 Å². The Labute approximate surface area is 187 Å². The van der Waals surface area contributed by atoms with E-state index in [0.717, 1.165) is 24.0 Å². The van der Waals surface area contributed by atoms with Crippen molar-refractivity contribution in [3.05, 3.63) is 59.4 Å². The summed E-state index contributed by atoms with van der Waals surface area (Å²) in [4.78, 5) is 29.8. The molecule has 0 bridgehead atoms. The zero-order chi connectivity index (χ0) is 22.7. The molecule has 2 amide bonds. The standard InChI is InChI=1S/C25H29FN2O4/c1-3-22-25(30)28(21-13-17(2)6-11-23(21)32-22)16-24(29)27(15-20-5-4-12-31-20)14-18-7-9-19(26)10-8-18/h6-11,13,20,22H,3-5,12,14-16H2,1-2H3/t20-,22+/m0/s1. The monoisotopic (exact) mass is 440 g/mol. The quantitative estimate of drug-likeness (QED) is 0.656. The minimum atomic E-state index is -0.610. The van der Waals surface area contributed by atoms with E-state index in [1.54, 1.807) is 17.0 Å². The summed E-state index contributed by atoms with van der Waals surface area (Å²) in [6, 6.07) is 11.8. The number of anilines is 1. The van der Waals surface area contributed by atoms with Crippen molar-refractivity contribution in [2.24, 2.45) is 0 Å². The fourth-order valence-corrected chi connectivity index (χ4v) is 4.19. The molecule has 170 valence electrons. The smallest absolute Gasteiger partial charge is 0.268 e. The van der Waals surface area contributed by atoms with Crippen molar-refractivity contribution < 1.29 is 23.5 Å². The first-order chi connectivity index (χ1) is 15.4. The highest BCUT2D eigenvalue weighted by Crippen LogP contribution is 2.35. The van der Waals surface area contributed by atoms with Gasteiger partial charge in [-0.1, -0.05) is 25.1 Å². The van der Waals surface area contributed by atoms with Gasteiger partial charge < -0.3 is 14.4 Å². The van der Waals surface area contributed by atoms with Crippen LogP contribution in [0.15, 0.2) is 42.5 Å². The molecule has 4 rings (SSSR count). The van der Waals surface area contributed by atoms with Crippen LogP contribution in [0.3, 0.4) is 0 Å². The minimum Gasteiger partial charge on any atom is -0.478 e. The van der Waals surface area contributed by atoms with Gasteiger partial charge in [0.2, 0.25) is 5.91 Å². The van der Waals surface area contributed by atoms with Gasteiger partial charge in [0.05, 0.1) is 11.8 Å². The fourth-order valence-electron chi connectivity index (χ4n) is 4.19. The van der Waals surface area contributed by atoms with Crippen molar-refractivity contribution in [2.75, 3.05) is 24.6 Å². The molecule has 0 aromatic heterocycles. The van der Waals surface area contributed by atoms with Crippen LogP contribution in [0, 0.1) is 12.7 Å². The Hall–Kier alpha value is -2.93. The van der Waals surface area contributed by atoms with Gasteiger partial charge in [-0.15, -0.1) is 0 Å². The number of amides is 2. The zero-order valence-electron chi connectivity index (χ0n) is 18.6. The Bertz CT molecular complexity index is 972. The van der Waals surface area contributed by atoms with Crippen molar-refractivity contribution in [1.82, 2.24) is 4.90 Å². The molecule has 1 fully saturated rings. The maximum atomic E-state index is 13.5. The molecule has 2 atom stereocenters. The van der Waals surface area contributed by atoms with E-state index in [9.17, 15) is 14.0 Å². The highest BCUT2D eigenvalue weighted by Gasteiger charge is 2.35. The second-order valence-corrected chi connectivity index (χ2v) is 8.45. The van der Waals surface area contributed by atoms with E-state index < -0.39 is 6.10 Å². The molecule has 0 N–H and O–H groups in total. The molecular weight excluding hydrogens is 411 g/mol. The Kier molecular flexibility index (Phi) is 6.74. The van der Waals surface area contributed by atoms with Crippen LogP contribution in [0.2, 0.25) is 0 Å². The molecule has 0 aliphatic carbocycles. The van der Waals surface area contributed by atoms with E-state index in [4.69, 9.17) is 9.47 Å². The lowest BCUT2D eigenvalue weighted by molar-refractivity contribution is -0.135. The topological polar surface area (TPSA) is 59.1 Å². The molecule has 0 spiro atoms. The number of fused-ring (bicyclic) bond motifs is 1. The molecule has 0 saturated carbocycles. The van der Waals surface area contributed by atoms with Gasteiger partial charge in [-0.3, -0.25) is 14.5 Å². The number of halogens is 1. The van der Waals surface area contributed by atoms with E-state index in [-0.39, 0.29) is 30.3 Å². The van der Waals surface area contributed by atoms with Gasteiger partial charge in [0.15, 0.2) is 6.10 Å². The number of benzene rings is 2. The van der Waals surface area contributed by atoms with Crippen LogP contribution in [0.25, 0.3) is 0 Å². The molecule has 7 heteroatoms. The zero-order valence-corrected chi connectivity index (χ0v) is 18.6. The van der Waals surface area contributed by atoms with Crippen LogP contribution in [0.5, 0.6) is 5.75 Å². The lowest BCUT2D eigenvalue weighted by Gasteiger charge is -2.35. The third-order valence-electron chi connectivity index (χ3n) is 5.97. The number of aryl methyl sites for hydroxylation is 1. The van der Waals surface area contributed by atoms with Gasteiger partial charge in [0.1, 0.15) is 18.1 Å². The van der Waals surface area contributed by atoms with Crippen molar-refractivity contribution in [3.63, 3.8) is 0 Å². The fraction of sp³-hybridized carbons (Fsp3) is 0.440.